The third-order valence-corrected chi connectivity index (χ3v) is 8.85. The van der Waals surface area contributed by atoms with Crippen LogP contribution in [-0.4, -0.2) is 4.98 Å². The molecule has 1 heterocycles. The average molecular weight is 562 g/mol. The van der Waals surface area contributed by atoms with E-state index >= 15 is 0 Å². The van der Waals surface area contributed by atoms with E-state index in [9.17, 15) is 0 Å². The van der Waals surface area contributed by atoms with Gasteiger partial charge in [0.25, 0.3) is 0 Å². The molecule has 1 aromatic heterocycles. The molecule has 0 spiro atoms. The van der Waals surface area contributed by atoms with Crippen molar-refractivity contribution >= 4 is 43.7 Å². The van der Waals surface area contributed by atoms with Crippen molar-refractivity contribution in [2.24, 2.45) is 0 Å². The molecular formula is C43H31N. The molecule has 44 heavy (non-hydrogen) atoms. The lowest BCUT2D eigenvalue weighted by Gasteiger charge is -2.21. The summed E-state index contributed by atoms with van der Waals surface area (Å²) in [6, 6.07) is 47.9. The van der Waals surface area contributed by atoms with Crippen molar-refractivity contribution in [1.82, 2.24) is 4.98 Å². The minimum absolute atomic E-state index is 0.880. The molecule has 0 fully saturated rings. The van der Waals surface area contributed by atoms with E-state index in [4.69, 9.17) is 6.58 Å². The molecule has 208 valence electrons. The Morgan fingerprint density at radius 1 is 0.591 bits per heavy atom. The van der Waals surface area contributed by atoms with Gasteiger partial charge in [-0.1, -0.05) is 158 Å². The highest BCUT2D eigenvalue weighted by Gasteiger charge is 2.20. The van der Waals surface area contributed by atoms with E-state index in [2.05, 4.69) is 163 Å². The molecule has 6 aromatic carbocycles. The SMILES string of the molecule is C=C(c1ccc2c(c1)[nH]c1c3ccccc3ccc21)c1ccccc1/C(=C1/C=CC=CC1)c1ccccc1-c1ccccc1. The van der Waals surface area contributed by atoms with Crippen LogP contribution in [0.15, 0.2) is 170 Å². The van der Waals surface area contributed by atoms with Crippen LogP contribution in [-0.2, 0) is 0 Å². The van der Waals surface area contributed by atoms with E-state index in [1.165, 1.54) is 60.5 Å². The van der Waals surface area contributed by atoms with Crippen molar-refractivity contribution in [2.45, 2.75) is 6.42 Å². The van der Waals surface area contributed by atoms with Crippen LogP contribution in [0.25, 0.3) is 54.9 Å². The fourth-order valence-electron chi connectivity index (χ4n) is 6.72. The molecule has 0 saturated carbocycles. The van der Waals surface area contributed by atoms with Gasteiger partial charge in [0.15, 0.2) is 0 Å². The molecule has 1 nitrogen and oxygen atoms in total. The Hall–Kier alpha value is -5.66. The average Bonchev–Trinajstić information content (AvgIpc) is 3.48. The number of nitrogens with one attached hydrogen (secondary N) is 1. The second kappa shape index (κ2) is 10.9. The van der Waals surface area contributed by atoms with E-state index in [-0.39, 0.29) is 0 Å². The van der Waals surface area contributed by atoms with E-state index in [1.54, 1.807) is 0 Å². The van der Waals surface area contributed by atoms with E-state index in [0.717, 1.165) is 28.6 Å². The summed E-state index contributed by atoms with van der Waals surface area (Å²) < 4.78 is 0. The lowest BCUT2D eigenvalue weighted by atomic mass is 9.82. The number of aromatic nitrogens is 1. The maximum absolute atomic E-state index is 4.70. The van der Waals surface area contributed by atoms with Gasteiger partial charge in [-0.25, -0.2) is 0 Å². The maximum atomic E-state index is 4.70. The van der Waals surface area contributed by atoms with Crippen molar-refractivity contribution in [2.75, 3.05) is 0 Å². The minimum Gasteiger partial charge on any atom is -0.354 e. The minimum atomic E-state index is 0.880. The Morgan fingerprint density at radius 2 is 1.32 bits per heavy atom. The number of rotatable bonds is 5. The molecule has 1 heteroatoms. The predicted octanol–water partition coefficient (Wildman–Crippen LogP) is 11.5. The van der Waals surface area contributed by atoms with Crippen molar-refractivity contribution in [3.63, 3.8) is 0 Å². The van der Waals surface area contributed by atoms with E-state index < -0.39 is 0 Å². The van der Waals surface area contributed by atoms with Crippen LogP contribution in [0.2, 0.25) is 0 Å². The third kappa shape index (κ3) is 4.42. The lowest BCUT2D eigenvalue weighted by molar-refractivity contribution is 1.26. The molecule has 7 aromatic rings. The number of H-pyrrole nitrogens is 1. The Labute approximate surface area is 257 Å². The Bertz CT molecular complexity index is 2310. The molecule has 0 radical (unpaired) electrons. The fraction of sp³-hybridized carbons (Fsp3) is 0.0233. The number of aromatic amines is 1. The highest BCUT2D eigenvalue weighted by Crippen LogP contribution is 2.41. The normalized spacial score (nSPS) is 14.0. The van der Waals surface area contributed by atoms with Gasteiger partial charge >= 0.3 is 0 Å². The van der Waals surface area contributed by atoms with Gasteiger partial charge in [0.05, 0.1) is 5.52 Å². The smallest absolute Gasteiger partial charge is 0.0544 e. The first-order chi connectivity index (χ1) is 21.8. The Kier molecular flexibility index (Phi) is 6.43. The van der Waals surface area contributed by atoms with Crippen LogP contribution in [0.1, 0.15) is 28.7 Å². The zero-order chi connectivity index (χ0) is 29.5. The molecule has 1 aliphatic rings. The van der Waals surface area contributed by atoms with Gasteiger partial charge in [-0.15, -0.1) is 0 Å². The molecule has 1 aliphatic carbocycles. The van der Waals surface area contributed by atoms with Gasteiger partial charge in [0.2, 0.25) is 0 Å². The first-order valence-corrected chi connectivity index (χ1v) is 15.2. The molecule has 0 bridgehead atoms. The zero-order valence-corrected chi connectivity index (χ0v) is 24.4. The molecule has 0 atom stereocenters. The second-order valence-electron chi connectivity index (χ2n) is 11.4. The van der Waals surface area contributed by atoms with Crippen LogP contribution >= 0.6 is 0 Å². The standard InChI is InChI=1S/C43H31N/c1-29(33-25-26-37-40-27-24-31-16-8-9-21-36(31)43(40)44-41(37)28-33)34-19-10-12-22-38(34)42(32-17-6-3-7-18-32)39-23-13-11-20-35(39)30-14-4-2-5-15-30/h2-17,19-28,44H,1,18H2/b42-32+. The highest BCUT2D eigenvalue weighted by atomic mass is 14.7. The molecule has 0 amide bonds. The largest absolute Gasteiger partial charge is 0.354 e. The predicted molar refractivity (Wildman–Crippen MR) is 189 cm³/mol. The monoisotopic (exact) mass is 561 g/mol. The third-order valence-electron chi connectivity index (χ3n) is 8.85. The number of hydrogen-bond donors (Lipinski definition) is 1. The molecule has 0 aliphatic heterocycles. The zero-order valence-electron chi connectivity index (χ0n) is 24.4. The van der Waals surface area contributed by atoms with Gasteiger partial charge in [0, 0.05) is 21.7 Å². The molecule has 1 N–H and O–H groups in total. The summed E-state index contributed by atoms with van der Waals surface area (Å²) in [5, 5.41) is 4.97. The van der Waals surface area contributed by atoms with Crippen LogP contribution < -0.4 is 0 Å². The topological polar surface area (TPSA) is 15.8 Å². The van der Waals surface area contributed by atoms with Gasteiger partial charge in [-0.3, -0.25) is 0 Å². The highest BCUT2D eigenvalue weighted by molar-refractivity contribution is 6.17. The Balaban J connectivity index is 1.29. The number of benzene rings is 6. The van der Waals surface area contributed by atoms with Crippen molar-refractivity contribution < 1.29 is 0 Å². The summed E-state index contributed by atoms with van der Waals surface area (Å²) in [4.78, 5) is 3.74. The first kappa shape index (κ1) is 26.0. The summed E-state index contributed by atoms with van der Waals surface area (Å²) in [5.74, 6) is 0. The number of allylic oxidation sites excluding steroid dienone is 5. The van der Waals surface area contributed by atoms with Gasteiger partial charge in [-0.2, -0.15) is 0 Å². The van der Waals surface area contributed by atoms with E-state index in [0.29, 0.717) is 0 Å². The van der Waals surface area contributed by atoms with Crippen molar-refractivity contribution in [1.29, 1.82) is 0 Å². The van der Waals surface area contributed by atoms with Gasteiger partial charge in [-0.05, 0) is 68.0 Å². The summed E-state index contributed by atoms with van der Waals surface area (Å²) >= 11 is 0. The van der Waals surface area contributed by atoms with Gasteiger partial charge < -0.3 is 4.98 Å². The van der Waals surface area contributed by atoms with Crippen LogP contribution in [0, 0.1) is 0 Å². The maximum Gasteiger partial charge on any atom is 0.0544 e. The number of fused-ring (bicyclic) bond motifs is 5. The molecule has 8 rings (SSSR count). The van der Waals surface area contributed by atoms with E-state index in [1.807, 2.05) is 0 Å². The summed E-state index contributed by atoms with van der Waals surface area (Å²) in [5.41, 5.74) is 13.0. The van der Waals surface area contributed by atoms with Crippen molar-refractivity contribution in [3.05, 3.63) is 192 Å². The second-order valence-corrected chi connectivity index (χ2v) is 11.4. The van der Waals surface area contributed by atoms with Gasteiger partial charge in [0.1, 0.15) is 0 Å². The summed E-state index contributed by atoms with van der Waals surface area (Å²) in [7, 11) is 0. The quantitative estimate of drug-likeness (QED) is 0.215. The molecular weight excluding hydrogens is 530 g/mol. The number of hydrogen-bond acceptors (Lipinski definition) is 0. The summed E-state index contributed by atoms with van der Waals surface area (Å²) in [6.07, 6.45) is 9.66. The molecule has 0 saturated heterocycles. The Morgan fingerprint density at radius 3 is 2.16 bits per heavy atom. The van der Waals surface area contributed by atoms with Crippen LogP contribution in [0.4, 0.5) is 0 Å². The van der Waals surface area contributed by atoms with Crippen molar-refractivity contribution in [3.8, 4) is 11.1 Å². The first-order valence-electron chi connectivity index (χ1n) is 15.2. The fourth-order valence-corrected chi connectivity index (χ4v) is 6.72. The van der Waals surface area contributed by atoms with Crippen LogP contribution in [0.3, 0.4) is 0 Å². The lowest BCUT2D eigenvalue weighted by Crippen LogP contribution is -2.01. The molecule has 0 unspecified atom stereocenters. The van der Waals surface area contributed by atoms with Crippen LogP contribution in [0.5, 0.6) is 0 Å². The summed E-state index contributed by atoms with van der Waals surface area (Å²) in [6.45, 7) is 4.70.